The topological polar surface area (TPSA) is 20.2 Å². The Balaban J connectivity index is 0.874. The van der Waals surface area contributed by atoms with E-state index in [1.807, 2.05) is 0 Å². The van der Waals surface area contributed by atoms with Crippen LogP contribution >= 0.6 is 0 Å². The lowest BCUT2D eigenvalue weighted by Crippen LogP contribution is -2.61. The minimum atomic E-state index is -0.185. The second-order valence-corrected chi connectivity index (χ2v) is 27.0. The molecule has 0 fully saturated rings. The summed E-state index contributed by atoms with van der Waals surface area (Å²) in [6.45, 7) is -0.185. The van der Waals surface area contributed by atoms with Gasteiger partial charge in [0.15, 0.2) is 0 Å². The van der Waals surface area contributed by atoms with Gasteiger partial charge in [-0.15, -0.1) is 0 Å². The molecule has 20 aromatic rings. The lowest BCUT2D eigenvalue weighted by atomic mass is 9.33. The lowest BCUT2D eigenvalue weighted by Gasteiger charge is -2.45. The number of hydrogen-bond acceptors (Lipinski definition) is 2. The zero-order valence-corrected chi connectivity index (χ0v) is 52.5. The van der Waals surface area contributed by atoms with E-state index in [-0.39, 0.29) is 12.6 Å². The molecule has 0 amide bonds. The van der Waals surface area contributed by atoms with Gasteiger partial charge >= 0.3 is 0 Å². The number of para-hydroxylation sites is 6. The van der Waals surface area contributed by atoms with Crippen molar-refractivity contribution in [1.82, 2.24) is 13.4 Å². The highest BCUT2D eigenvalue weighted by Gasteiger charge is 2.46. The van der Waals surface area contributed by atoms with E-state index in [9.17, 15) is 0 Å². The number of aromatic nitrogens is 3. The summed E-state index contributed by atoms with van der Waals surface area (Å²) in [6, 6.07) is 122. The van der Waals surface area contributed by atoms with E-state index in [2.05, 4.69) is 345 Å². The Morgan fingerprint density at radius 3 is 1.22 bits per heavy atom. The molecule has 3 aliphatic rings. The van der Waals surface area contributed by atoms with Crippen LogP contribution in [0.5, 0.6) is 0 Å². The first-order valence-corrected chi connectivity index (χ1v) is 33.9. The summed E-state index contributed by atoms with van der Waals surface area (Å²) >= 11 is 0. The van der Waals surface area contributed by atoms with Gasteiger partial charge in [0.2, 0.25) is 0 Å². The largest absolute Gasteiger partial charge is 0.311 e. The zero-order valence-electron chi connectivity index (χ0n) is 52.5. The van der Waals surface area contributed by atoms with Crippen LogP contribution in [0.1, 0.15) is 22.6 Å². The first-order valence-electron chi connectivity index (χ1n) is 33.9. The molecule has 1 aliphatic carbocycles. The van der Waals surface area contributed by atoms with Crippen LogP contribution < -0.4 is 26.2 Å². The van der Waals surface area contributed by atoms with Crippen molar-refractivity contribution in [3.8, 4) is 39.1 Å². The molecule has 1 atom stereocenters. The van der Waals surface area contributed by atoms with Crippen molar-refractivity contribution in [3.63, 3.8) is 0 Å². The number of fused-ring (bicyclic) bond motifs is 23. The van der Waals surface area contributed by atoms with Gasteiger partial charge in [-0.3, -0.25) is 0 Å². The number of anilines is 6. The fourth-order valence-corrected chi connectivity index (χ4v) is 18.4. The van der Waals surface area contributed by atoms with Gasteiger partial charge in [0.1, 0.15) is 0 Å². The van der Waals surface area contributed by atoms with Gasteiger partial charge in [-0.2, -0.15) is 0 Å². The Hall–Kier alpha value is -12.6. The van der Waals surface area contributed by atoms with Crippen LogP contribution in [0.15, 0.2) is 322 Å². The summed E-state index contributed by atoms with van der Waals surface area (Å²) < 4.78 is 7.65. The smallest absolute Gasteiger partial charge is 0.252 e. The Morgan fingerprint density at radius 2 is 0.680 bits per heavy atom. The van der Waals surface area contributed by atoms with Crippen LogP contribution in [0.3, 0.4) is 0 Å². The van der Waals surface area contributed by atoms with E-state index in [0.29, 0.717) is 0 Å². The summed E-state index contributed by atoms with van der Waals surface area (Å²) in [5, 5.41) is 12.7. The Morgan fingerprint density at radius 1 is 0.258 bits per heavy atom. The van der Waals surface area contributed by atoms with Gasteiger partial charge in [0.05, 0.1) is 44.1 Å². The molecule has 0 saturated heterocycles. The van der Waals surface area contributed by atoms with Crippen molar-refractivity contribution in [1.29, 1.82) is 0 Å². The first kappa shape index (κ1) is 51.8. The predicted octanol–water partition coefficient (Wildman–Crippen LogP) is 21.7. The highest BCUT2D eigenvalue weighted by Crippen LogP contribution is 2.56. The predicted molar refractivity (Wildman–Crippen MR) is 408 cm³/mol. The third-order valence-electron chi connectivity index (χ3n) is 22.3. The SMILES string of the molecule is c1ccc(-c2ccc(N3c4cc5c(cc4B4c6cc7c8cccc9c%10ccccc%10n(c7cc6N(c6ccc(-c7ccccc7)cc6)c6cc(C7c%10ccccc%10-c%10c7ccc7c%11ccccc%11n(-c%11ccccc%11)c%107)cc3c64)c98)c3cccc4c6ccccc6n5c43)cc2)cc1. The lowest BCUT2D eigenvalue weighted by molar-refractivity contribution is 1.01. The molecule has 2 aliphatic heterocycles. The normalized spacial score (nSPS) is 14.0. The van der Waals surface area contributed by atoms with Gasteiger partial charge in [-0.05, 0) is 140 Å². The summed E-state index contributed by atoms with van der Waals surface area (Å²) in [6.07, 6.45) is 0. The summed E-state index contributed by atoms with van der Waals surface area (Å²) in [5.41, 5.74) is 32.9. The Kier molecular flexibility index (Phi) is 10.2. The molecule has 0 saturated carbocycles. The van der Waals surface area contributed by atoms with Crippen molar-refractivity contribution in [2.75, 3.05) is 9.80 Å². The maximum Gasteiger partial charge on any atom is 0.252 e. The average Bonchev–Trinajstić information content (AvgIpc) is 1.43. The van der Waals surface area contributed by atoms with Crippen LogP contribution in [0, 0.1) is 0 Å². The van der Waals surface area contributed by atoms with E-state index < -0.39 is 0 Å². The molecule has 6 heteroatoms. The quantitative estimate of drug-likeness (QED) is 0.155. The number of hydrogen-bond donors (Lipinski definition) is 0. The van der Waals surface area contributed by atoms with Crippen LogP contribution in [0.2, 0.25) is 0 Å². The Labute approximate surface area is 558 Å². The van der Waals surface area contributed by atoms with E-state index in [1.165, 1.54) is 187 Å². The van der Waals surface area contributed by atoms with Crippen LogP contribution in [0.25, 0.3) is 137 Å². The molecule has 1 unspecified atom stereocenters. The van der Waals surface area contributed by atoms with Gasteiger partial charge < -0.3 is 23.2 Å². The van der Waals surface area contributed by atoms with Crippen molar-refractivity contribution >= 4 is 155 Å². The third-order valence-corrected chi connectivity index (χ3v) is 22.3. The molecule has 15 aromatic carbocycles. The van der Waals surface area contributed by atoms with Crippen LogP contribution in [0.4, 0.5) is 34.1 Å². The average molecular weight is 1230 g/mol. The molecule has 0 spiro atoms. The Bertz CT molecular complexity index is 6440. The number of rotatable bonds is 6. The van der Waals surface area contributed by atoms with E-state index in [1.54, 1.807) is 0 Å². The molecule has 0 bridgehead atoms. The molecule has 5 nitrogen and oxygen atoms in total. The van der Waals surface area contributed by atoms with Crippen molar-refractivity contribution in [3.05, 3.63) is 338 Å². The minimum absolute atomic E-state index is 0.131. The number of nitrogens with zero attached hydrogens (tertiary/aromatic N) is 5. The second-order valence-electron chi connectivity index (χ2n) is 27.0. The van der Waals surface area contributed by atoms with E-state index in [0.717, 1.165) is 17.1 Å². The van der Waals surface area contributed by atoms with Crippen LogP contribution in [-0.4, -0.2) is 20.1 Å². The maximum atomic E-state index is 2.65. The molecule has 97 heavy (non-hydrogen) atoms. The fourth-order valence-electron chi connectivity index (χ4n) is 18.4. The van der Waals surface area contributed by atoms with Crippen molar-refractivity contribution in [2.24, 2.45) is 0 Å². The molecule has 5 aromatic heterocycles. The van der Waals surface area contributed by atoms with E-state index in [4.69, 9.17) is 0 Å². The molecular weight excluding hydrogens is 1170 g/mol. The summed E-state index contributed by atoms with van der Waals surface area (Å²) in [4.78, 5) is 5.31. The second kappa shape index (κ2) is 19.0. The van der Waals surface area contributed by atoms with Crippen LogP contribution in [-0.2, 0) is 0 Å². The van der Waals surface area contributed by atoms with Gasteiger partial charge in [0.25, 0.3) is 6.71 Å². The molecule has 446 valence electrons. The molecule has 0 radical (unpaired) electrons. The fraction of sp³-hybridized carbons (Fsp3) is 0.0110. The molecular formula is C91H54BN5. The van der Waals surface area contributed by atoms with Gasteiger partial charge in [-0.25, -0.2) is 0 Å². The van der Waals surface area contributed by atoms with Crippen molar-refractivity contribution in [2.45, 2.75) is 5.92 Å². The minimum Gasteiger partial charge on any atom is -0.311 e. The van der Waals surface area contributed by atoms with Crippen molar-refractivity contribution < 1.29 is 0 Å². The molecule has 0 N–H and O–H groups in total. The summed E-state index contributed by atoms with van der Waals surface area (Å²) in [7, 11) is 0. The number of benzene rings is 15. The third kappa shape index (κ3) is 6.83. The van der Waals surface area contributed by atoms with Gasteiger partial charge in [0, 0.05) is 105 Å². The summed E-state index contributed by atoms with van der Waals surface area (Å²) in [5.74, 6) is -0.131. The highest BCUT2D eigenvalue weighted by atomic mass is 15.2. The van der Waals surface area contributed by atoms with E-state index >= 15 is 0 Å². The molecule has 7 heterocycles. The highest BCUT2D eigenvalue weighted by molar-refractivity contribution is 7.00. The molecule has 23 rings (SSSR count). The standard InChI is InChI=1S/C91H54BN5/c1-4-20-54(21-5-1)56-38-42-60(43-39-56)93-82-52-80-73(69-33-18-31-67-62-26-13-16-36-78(62)96(80)89(67)69)50-75(82)92-76-51-74-70-34-19-32-68-63-27-14-17-37-79(63)97(90(68)70)81(74)53-83(76)94(61-44-40-57(41-45-61)55-22-6-2-7-23-55)85-49-58(48-84(93)88(85)92)86-65-29-10-11-30-66(65)87-72(86)47-46-71-64-28-12-15-35-77(64)95(91(71)87)59-24-8-3-9-25-59/h1-53,86H. The van der Waals surface area contributed by atoms with Gasteiger partial charge in [-0.1, -0.05) is 243 Å². The zero-order chi connectivity index (χ0) is 62.9. The maximum absolute atomic E-state index is 2.65. The monoisotopic (exact) mass is 1230 g/mol. The first-order chi connectivity index (χ1) is 48.2.